The van der Waals surface area contributed by atoms with Gasteiger partial charge in [-0.05, 0) is 12.8 Å². The van der Waals surface area contributed by atoms with Crippen LogP contribution in [-0.4, -0.2) is 193 Å². The first kappa shape index (κ1) is 82.0. The summed E-state index contributed by atoms with van der Waals surface area (Å²) in [5.41, 5.74) is 0. The predicted octanol–water partition coefficient (Wildman–Crippen LogP) is 10.3. The topological polar surface area (TPSA) is 307 Å². The van der Waals surface area contributed by atoms with E-state index in [1.807, 2.05) is 0 Å². The molecule has 0 spiro atoms. The Labute approximate surface area is 538 Å². The molecule has 3 aliphatic rings. The first-order valence-corrected chi connectivity index (χ1v) is 36.8. The molecule has 17 atom stereocenters. The average molecular weight is 1280 g/mol. The van der Waals surface area contributed by atoms with E-state index < -0.39 is 124 Å². The molecule has 3 aliphatic heterocycles. The van der Waals surface area contributed by atoms with Gasteiger partial charge in [0.05, 0.1) is 38.6 Å². The first-order chi connectivity index (χ1) is 43.3. The molecule has 3 heterocycles. The van der Waals surface area contributed by atoms with Gasteiger partial charge in [-0.3, -0.25) is 4.79 Å². The lowest BCUT2D eigenvalue weighted by Gasteiger charge is -2.48. The summed E-state index contributed by atoms with van der Waals surface area (Å²) in [6.07, 6.45) is 31.1. The highest BCUT2D eigenvalue weighted by molar-refractivity contribution is 5.76. The fourth-order valence-corrected chi connectivity index (χ4v) is 13.0. The van der Waals surface area contributed by atoms with Crippen molar-refractivity contribution in [3.05, 3.63) is 0 Å². The van der Waals surface area contributed by atoms with Crippen LogP contribution in [0.1, 0.15) is 309 Å². The van der Waals surface area contributed by atoms with Crippen LogP contribution in [0.4, 0.5) is 0 Å². The van der Waals surface area contributed by atoms with E-state index in [2.05, 4.69) is 19.2 Å². The second kappa shape index (κ2) is 53.0. The fraction of sp³-hybridized carbons (Fsp3) is 0.986. The van der Waals surface area contributed by atoms with Gasteiger partial charge in [-0.2, -0.15) is 0 Å². The van der Waals surface area contributed by atoms with Crippen molar-refractivity contribution in [2.45, 2.75) is 413 Å². The van der Waals surface area contributed by atoms with Crippen LogP contribution < -0.4 is 5.32 Å². The lowest BCUT2D eigenvalue weighted by atomic mass is 9.96. The molecule has 0 radical (unpaired) electrons. The smallest absolute Gasteiger partial charge is 0.220 e. The molecule has 0 aromatic carbocycles. The number of carbonyl (C=O) groups excluding carboxylic acids is 1. The summed E-state index contributed by atoms with van der Waals surface area (Å²) >= 11 is 0. The number of carbonyl (C=O) groups is 1. The van der Waals surface area contributed by atoms with Crippen molar-refractivity contribution < 1.29 is 89.4 Å². The highest BCUT2D eigenvalue weighted by Crippen LogP contribution is 2.33. The zero-order valence-electron chi connectivity index (χ0n) is 55.9. The van der Waals surface area contributed by atoms with Crippen LogP contribution >= 0.6 is 0 Å². The van der Waals surface area contributed by atoms with Crippen LogP contribution in [-0.2, 0) is 33.2 Å². The number of aliphatic hydroxyl groups excluding tert-OH is 11. The first-order valence-electron chi connectivity index (χ1n) is 36.8. The van der Waals surface area contributed by atoms with Gasteiger partial charge in [-0.1, -0.05) is 290 Å². The number of ether oxygens (including phenoxy) is 6. The Bertz CT molecular complexity index is 1620. The molecule has 89 heavy (non-hydrogen) atoms. The van der Waals surface area contributed by atoms with E-state index in [9.17, 15) is 61.0 Å². The number of hydrogen-bond acceptors (Lipinski definition) is 18. The van der Waals surface area contributed by atoms with E-state index in [-0.39, 0.29) is 18.9 Å². The Kier molecular flexibility index (Phi) is 48.8. The molecular weight excluding hydrogens is 1140 g/mol. The Hall–Kier alpha value is -1.21. The Morgan fingerprint density at radius 2 is 0.640 bits per heavy atom. The molecule has 19 heteroatoms. The fourth-order valence-electron chi connectivity index (χ4n) is 13.0. The van der Waals surface area contributed by atoms with Gasteiger partial charge in [0.1, 0.15) is 73.2 Å². The van der Waals surface area contributed by atoms with Crippen LogP contribution in [0.3, 0.4) is 0 Å². The number of amides is 1. The van der Waals surface area contributed by atoms with Crippen molar-refractivity contribution in [2.75, 3.05) is 26.4 Å². The number of rotatable bonds is 58. The van der Waals surface area contributed by atoms with Crippen LogP contribution in [0.15, 0.2) is 0 Å². The van der Waals surface area contributed by atoms with Gasteiger partial charge in [-0.25, -0.2) is 0 Å². The summed E-state index contributed by atoms with van der Waals surface area (Å²) in [4.78, 5) is 13.4. The zero-order valence-corrected chi connectivity index (χ0v) is 55.9. The third-order valence-electron chi connectivity index (χ3n) is 18.9. The van der Waals surface area contributed by atoms with E-state index in [0.717, 1.165) is 44.9 Å². The summed E-state index contributed by atoms with van der Waals surface area (Å²) in [6, 6.07) is -0.880. The van der Waals surface area contributed by atoms with Crippen molar-refractivity contribution in [2.24, 2.45) is 0 Å². The van der Waals surface area contributed by atoms with Crippen molar-refractivity contribution in [3.8, 4) is 0 Å². The molecule has 3 saturated heterocycles. The molecule has 3 rings (SSSR count). The zero-order chi connectivity index (χ0) is 64.7. The summed E-state index contributed by atoms with van der Waals surface area (Å²) < 4.78 is 34.3. The average Bonchev–Trinajstić information content (AvgIpc) is 1.40. The maximum atomic E-state index is 13.4. The van der Waals surface area contributed by atoms with E-state index in [4.69, 9.17) is 28.4 Å². The maximum Gasteiger partial charge on any atom is 0.220 e. The standard InChI is InChI=1S/C70H135NO18/c1-3-5-7-9-11-13-14-15-16-17-18-19-20-21-22-23-24-25-26-27-28-29-30-31-32-33-34-35-36-37-38-40-42-44-46-48-58(76)71-53(54(75)47-45-43-41-39-12-10-8-6-4-2)52-84-68-64(82)61(79)66(56(50-73)86-68)89-70-65(83)62(80)67(57(51-74)87-70)88-69-63(81)60(78)59(77)55(49-72)85-69/h53-57,59-70,72-75,77-83H,3-52H2,1-2H3,(H,71,76). The molecule has 0 saturated carbocycles. The van der Waals surface area contributed by atoms with Crippen molar-refractivity contribution >= 4 is 5.91 Å². The SMILES string of the molecule is CCCCCCCCCCCCCCCCCCCCCCCCCCCCCCCCCCCCCC(=O)NC(COC1OC(CO)C(OC2OC(CO)C(OC3OC(CO)C(O)C(O)C3O)C(O)C2O)C(O)C1O)C(O)CCCCCCCCCCC. The molecule has 1 amide bonds. The van der Waals surface area contributed by atoms with Crippen molar-refractivity contribution in [1.29, 1.82) is 0 Å². The quantitative estimate of drug-likeness (QED) is 0.0252. The summed E-state index contributed by atoms with van der Waals surface area (Å²) in [5.74, 6) is -0.238. The Morgan fingerprint density at radius 3 is 0.978 bits per heavy atom. The van der Waals surface area contributed by atoms with Gasteiger partial charge in [0, 0.05) is 6.42 Å². The van der Waals surface area contributed by atoms with Crippen molar-refractivity contribution in [1.82, 2.24) is 5.32 Å². The van der Waals surface area contributed by atoms with Crippen LogP contribution in [0.25, 0.3) is 0 Å². The molecule has 528 valence electrons. The third kappa shape index (κ3) is 34.9. The molecule has 19 nitrogen and oxygen atoms in total. The highest BCUT2D eigenvalue weighted by atomic mass is 16.8. The predicted molar refractivity (Wildman–Crippen MR) is 347 cm³/mol. The largest absolute Gasteiger partial charge is 0.394 e. The minimum absolute atomic E-state index is 0.238. The number of aliphatic hydroxyl groups is 11. The number of nitrogens with one attached hydrogen (secondary N) is 1. The van der Waals surface area contributed by atoms with Crippen LogP contribution in [0, 0.1) is 0 Å². The van der Waals surface area contributed by atoms with Gasteiger partial charge in [0.15, 0.2) is 18.9 Å². The lowest BCUT2D eigenvalue weighted by Crippen LogP contribution is -2.66. The second-order valence-electron chi connectivity index (χ2n) is 26.8. The van der Waals surface area contributed by atoms with E-state index in [0.29, 0.717) is 12.8 Å². The minimum Gasteiger partial charge on any atom is -0.394 e. The van der Waals surface area contributed by atoms with Gasteiger partial charge >= 0.3 is 0 Å². The van der Waals surface area contributed by atoms with Gasteiger partial charge in [0.2, 0.25) is 5.91 Å². The Balaban J connectivity index is 1.28. The summed E-state index contributed by atoms with van der Waals surface area (Å²) in [7, 11) is 0. The monoisotopic (exact) mass is 1280 g/mol. The highest BCUT2D eigenvalue weighted by Gasteiger charge is 2.53. The van der Waals surface area contributed by atoms with Gasteiger partial charge < -0.3 is 89.9 Å². The number of hydrogen-bond donors (Lipinski definition) is 12. The lowest BCUT2D eigenvalue weighted by molar-refractivity contribution is -0.379. The molecule has 17 unspecified atom stereocenters. The summed E-state index contributed by atoms with van der Waals surface area (Å²) in [6.45, 7) is 1.80. The van der Waals surface area contributed by atoms with E-state index in [1.165, 1.54) is 231 Å². The van der Waals surface area contributed by atoms with Crippen LogP contribution in [0.2, 0.25) is 0 Å². The molecule has 0 aromatic rings. The molecule has 3 fully saturated rings. The van der Waals surface area contributed by atoms with Gasteiger partial charge in [-0.15, -0.1) is 0 Å². The van der Waals surface area contributed by atoms with Crippen molar-refractivity contribution in [3.63, 3.8) is 0 Å². The van der Waals surface area contributed by atoms with E-state index in [1.54, 1.807) is 0 Å². The Morgan fingerprint density at radius 1 is 0.360 bits per heavy atom. The van der Waals surface area contributed by atoms with E-state index >= 15 is 0 Å². The molecule has 0 aliphatic carbocycles. The summed E-state index contributed by atoms with van der Waals surface area (Å²) in [5, 5.41) is 120. The molecule has 0 aromatic heterocycles. The third-order valence-corrected chi connectivity index (χ3v) is 18.9. The van der Waals surface area contributed by atoms with Crippen LogP contribution in [0.5, 0.6) is 0 Å². The second-order valence-corrected chi connectivity index (χ2v) is 26.8. The van der Waals surface area contributed by atoms with Gasteiger partial charge in [0.25, 0.3) is 0 Å². The normalized spacial score (nSPS) is 28.1. The maximum absolute atomic E-state index is 13.4. The molecule has 12 N–H and O–H groups in total. The molecular formula is C70H135NO18. The molecule has 0 bridgehead atoms. The minimum atomic E-state index is -1.97. The number of unbranched alkanes of at least 4 members (excludes halogenated alkanes) is 42.